The minimum atomic E-state index is -0.0836. The van der Waals surface area contributed by atoms with E-state index >= 15 is 0 Å². The maximum absolute atomic E-state index is 12.1. The number of hydrogen-bond donors (Lipinski definition) is 1. The molecule has 3 nitrogen and oxygen atoms in total. The molecule has 118 valence electrons. The summed E-state index contributed by atoms with van der Waals surface area (Å²) in [5, 5.41) is 3.56. The molecular weight excluding hydrogens is 250 g/mol. The molecule has 1 saturated carbocycles. The summed E-state index contributed by atoms with van der Waals surface area (Å²) >= 11 is 0. The van der Waals surface area contributed by atoms with Crippen molar-refractivity contribution >= 4 is 5.97 Å². The standard InChI is InChI=1S/C17H33NO2/c1-3-5-6-7-11-14-16(17(19)20-4-2)18-15-12-9-8-10-13-15/h15-16,18H,3-14H2,1-2H3. The van der Waals surface area contributed by atoms with Crippen molar-refractivity contribution in [1.29, 1.82) is 0 Å². The Balaban J connectivity index is 2.32. The van der Waals surface area contributed by atoms with Crippen molar-refractivity contribution in [3.05, 3.63) is 0 Å². The van der Waals surface area contributed by atoms with E-state index in [0.29, 0.717) is 12.6 Å². The molecule has 0 heterocycles. The van der Waals surface area contributed by atoms with Crippen LogP contribution in [0.5, 0.6) is 0 Å². The van der Waals surface area contributed by atoms with E-state index in [1.165, 1.54) is 57.8 Å². The molecule has 3 heteroatoms. The third-order valence-electron chi connectivity index (χ3n) is 4.21. The van der Waals surface area contributed by atoms with Gasteiger partial charge in [-0.05, 0) is 26.2 Å². The summed E-state index contributed by atoms with van der Waals surface area (Å²) in [5.41, 5.74) is 0. The molecule has 0 amide bonds. The fourth-order valence-electron chi connectivity index (χ4n) is 3.02. The highest BCUT2D eigenvalue weighted by atomic mass is 16.5. The number of esters is 1. The molecule has 0 bridgehead atoms. The molecule has 1 unspecified atom stereocenters. The van der Waals surface area contributed by atoms with Crippen molar-refractivity contribution in [2.75, 3.05) is 6.61 Å². The summed E-state index contributed by atoms with van der Waals surface area (Å²) in [6.07, 6.45) is 13.5. The van der Waals surface area contributed by atoms with Gasteiger partial charge in [-0.2, -0.15) is 0 Å². The molecule has 20 heavy (non-hydrogen) atoms. The van der Waals surface area contributed by atoms with Gasteiger partial charge in [-0.1, -0.05) is 58.3 Å². The van der Waals surface area contributed by atoms with Gasteiger partial charge >= 0.3 is 5.97 Å². The van der Waals surface area contributed by atoms with Gasteiger partial charge in [0.1, 0.15) is 6.04 Å². The Morgan fingerprint density at radius 1 is 1.10 bits per heavy atom. The summed E-state index contributed by atoms with van der Waals surface area (Å²) < 4.78 is 5.22. The van der Waals surface area contributed by atoms with Crippen molar-refractivity contribution in [3.63, 3.8) is 0 Å². The van der Waals surface area contributed by atoms with Gasteiger partial charge in [-0.3, -0.25) is 4.79 Å². The Morgan fingerprint density at radius 2 is 1.80 bits per heavy atom. The third kappa shape index (κ3) is 7.28. The predicted octanol–water partition coefficient (Wildman–Crippen LogP) is 4.20. The minimum Gasteiger partial charge on any atom is -0.465 e. The average molecular weight is 283 g/mol. The molecule has 1 aliphatic rings. The zero-order valence-electron chi connectivity index (χ0n) is 13.5. The Labute approximate surface area is 124 Å². The summed E-state index contributed by atoms with van der Waals surface area (Å²) in [7, 11) is 0. The van der Waals surface area contributed by atoms with Crippen molar-refractivity contribution < 1.29 is 9.53 Å². The lowest BCUT2D eigenvalue weighted by atomic mass is 9.94. The van der Waals surface area contributed by atoms with Crippen LogP contribution in [-0.2, 0) is 9.53 Å². The lowest BCUT2D eigenvalue weighted by molar-refractivity contribution is -0.146. The number of nitrogens with one attached hydrogen (secondary N) is 1. The monoisotopic (exact) mass is 283 g/mol. The van der Waals surface area contributed by atoms with E-state index in [2.05, 4.69) is 12.2 Å². The van der Waals surface area contributed by atoms with Gasteiger partial charge in [0.15, 0.2) is 0 Å². The SMILES string of the molecule is CCCCCCCC(NC1CCCCC1)C(=O)OCC. The molecule has 0 aromatic heterocycles. The van der Waals surface area contributed by atoms with E-state index in [1.807, 2.05) is 6.92 Å². The van der Waals surface area contributed by atoms with Crippen LogP contribution >= 0.6 is 0 Å². The molecule has 0 aromatic carbocycles. The topological polar surface area (TPSA) is 38.3 Å². The quantitative estimate of drug-likeness (QED) is 0.482. The number of carbonyl (C=O) groups is 1. The van der Waals surface area contributed by atoms with Crippen LogP contribution in [0, 0.1) is 0 Å². The van der Waals surface area contributed by atoms with Crippen LogP contribution in [0.4, 0.5) is 0 Å². The highest BCUT2D eigenvalue weighted by Gasteiger charge is 2.23. The Morgan fingerprint density at radius 3 is 2.45 bits per heavy atom. The Hall–Kier alpha value is -0.570. The molecule has 0 spiro atoms. The van der Waals surface area contributed by atoms with E-state index in [9.17, 15) is 4.79 Å². The molecule has 0 aromatic rings. The number of carbonyl (C=O) groups excluding carboxylic acids is 1. The summed E-state index contributed by atoms with van der Waals surface area (Å²) in [6, 6.07) is 0.438. The van der Waals surface area contributed by atoms with E-state index in [1.54, 1.807) is 0 Å². The van der Waals surface area contributed by atoms with E-state index in [0.717, 1.165) is 12.8 Å². The van der Waals surface area contributed by atoms with Gasteiger partial charge in [0, 0.05) is 6.04 Å². The first-order chi connectivity index (χ1) is 9.77. The normalized spacial score (nSPS) is 17.9. The Bertz CT molecular complexity index is 249. The summed E-state index contributed by atoms with van der Waals surface area (Å²) in [5.74, 6) is -0.0476. The zero-order chi connectivity index (χ0) is 14.6. The minimum absolute atomic E-state index is 0.0476. The van der Waals surface area contributed by atoms with Crippen molar-refractivity contribution in [2.24, 2.45) is 0 Å². The first-order valence-corrected chi connectivity index (χ1v) is 8.70. The first-order valence-electron chi connectivity index (χ1n) is 8.70. The summed E-state index contributed by atoms with van der Waals surface area (Å²) in [6.45, 7) is 4.60. The number of hydrogen-bond acceptors (Lipinski definition) is 3. The fourth-order valence-corrected chi connectivity index (χ4v) is 3.02. The zero-order valence-corrected chi connectivity index (χ0v) is 13.5. The van der Waals surface area contributed by atoms with Gasteiger partial charge in [0.2, 0.25) is 0 Å². The molecule has 1 N–H and O–H groups in total. The van der Waals surface area contributed by atoms with Gasteiger partial charge < -0.3 is 10.1 Å². The van der Waals surface area contributed by atoms with Crippen molar-refractivity contribution in [3.8, 4) is 0 Å². The van der Waals surface area contributed by atoms with Crippen LogP contribution in [0.1, 0.15) is 84.5 Å². The van der Waals surface area contributed by atoms with Gasteiger partial charge in [0.25, 0.3) is 0 Å². The van der Waals surface area contributed by atoms with Crippen LogP contribution < -0.4 is 5.32 Å². The van der Waals surface area contributed by atoms with Crippen LogP contribution in [0.2, 0.25) is 0 Å². The molecular formula is C17H33NO2. The van der Waals surface area contributed by atoms with Crippen LogP contribution in [0.15, 0.2) is 0 Å². The van der Waals surface area contributed by atoms with E-state index in [-0.39, 0.29) is 12.0 Å². The van der Waals surface area contributed by atoms with Crippen LogP contribution in [0.3, 0.4) is 0 Å². The first kappa shape index (κ1) is 17.5. The number of unbranched alkanes of at least 4 members (excludes halogenated alkanes) is 4. The average Bonchev–Trinajstić information content (AvgIpc) is 2.47. The predicted molar refractivity (Wildman–Crippen MR) is 83.8 cm³/mol. The van der Waals surface area contributed by atoms with Gasteiger partial charge in [0.05, 0.1) is 6.61 Å². The number of rotatable bonds is 10. The smallest absolute Gasteiger partial charge is 0.323 e. The molecule has 1 aliphatic carbocycles. The lowest BCUT2D eigenvalue weighted by Crippen LogP contribution is -2.45. The Kier molecular flexibility index (Phi) is 9.73. The fraction of sp³-hybridized carbons (Fsp3) is 0.941. The number of ether oxygens (including phenoxy) is 1. The molecule has 1 fully saturated rings. The molecule has 0 radical (unpaired) electrons. The molecule has 1 atom stereocenters. The van der Waals surface area contributed by atoms with Crippen molar-refractivity contribution in [1.82, 2.24) is 5.32 Å². The van der Waals surface area contributed by atoms with Gasteiger partial charge in [-0.25, -0.2) is 0 Å². The van der Waals surface area contributed by atoms with E-state index in [4.69, 9.17) is 4.74 Å². The molecule has 1 rings (SSSR count). The largest absolute Gasteiger partial charge is 0.465 e. The molecule has 0 saturated heterocycles. The highest BCUT2D eigenvalue weighted by Crippen LogP contribution is 2.19. The maximum Gasteiger partial charge on any atom is 0.323 e. The second kappa shape index (κ2) is 11.1. The second-order valence-electron chi connectivity index (χ2n) is 6.01. The van der Waals surface area contributed by atoms with Crippen LogP contribution in [0.25, 0.3) is 0 Å². The lowest BCUT2D eigenvalue weighted by Gasteiger charge is -2.27. The second-order valence-corrected chi connectivity index (χ2v) is 6.01. The summed E-state index contributed by atoms with van der Waals surface area (Å²) in [4.78, 5) is 12.1. The van der Waals surface area contributed by atoms with Gasteiger partial charge in [-0.15, -0.1) is 0 Å². The third-order valence-corrected chi connectivity index (χ3v) is 4.21. The van der Waals surface area contributed by atoms with Crippen LogP contribution in [-0.4, -0.2) is 24.7 Å². The maximum atomic E-state index is 12.1. The van der Waals surface area contributed by atoms with Crippen molar-refractivity contribution in [2.45, 2.75) is 96.6 Å². The highest BCUT2D eigenvalue weighted by molar-refractivity contribution is 5.75. The molecule has 0 aliphatic heterocycles. The van der Waals surface area contributed by atoms with E-state index < -0.39 is 0 Å².